The third kappa shape index (κ3) is 6.16. The Labute approximate surface area is 211 Å². The molecule has 2 aromatic carbocycles. The van der Waals surface area contributed by atoms with Gasteiger partial charge in [-0.1, -0.05) is 6.07 Å². The number of carbonyl (C=O) groups is 1. The summed E-state index contributed by atoms with van der Waals surface area (Å²) in [6, 6.07) is 6.38. The summed E-state index contributed by atoms with van der Waals surface area (Å²) < 4.78 is 66.7. The molecule has 0 bridgehead atoms. The van der Waals surface area contributed by atoms with Crippen LogP contribution in [0, 0.1) is 5.82 Å². The molecule has 1 aliphatic heterocycles. The van der Waals surface area contributed by atoms with Gasteiger partial charge in [0.1, 0.15) is 22.9 Å². The number of hydrogen-bond donors (Lipinski definition) is 4. The van der Waals surface area contributed by atoms with Crippen LogP contribution in [0.15, 0.2) is 54.4 Å². The molecule has 1 heterocycles. The fourth-order valence-corrected chi connectivity index (χ4v) is 4.02. The molecule has 1 fully saturated rings. The maximum atomic E-state index is 14.7. The second-order valence-electron chi connectivity index (χ2n) is 9.04. The average molecular weight is 522 g/mol. The monoisotopic (exact) mass is 521 g/mol. The highest BCUT2D eigenvalue weighted by Crippen LogP contribution is 2.43. The molecule has 7 nitrogen and oxygen atoms in total. The number of anilines is 2. The van der Waals surface area contributed by atoms with Crippen LogP contribution in [-0.4, -0.2) is 29.6 Å². The number of hydrogen-bond acceptors (Lipinski definition) is 5. The molecule has 1 aliphatic carbocycles. The first kappa shape index (κ1) is 26.3. The number of dihydropyridines is 1. The lowest BCUT2D eigenvalue weighted by atomic mass is 9.82. The molecule has 2 aromatic rings. The van der Waals surface area contributed by atoms with Gasteiger partial charge >= 0.3 is 12.2 Å². The summed E-state index contributed by atoms with van der Waals surface area (Å²) in [4.78, 5) is 12.4. The second kappa shape index (κ2) is 10.3. The highest BCUT2D eigenvalue weighted by atomic mass is 19.4. The maximum absolute atomic E-state index is 14.7. The van der Waals surface area contributed by atoms with Gasteiger partial charge in [0.2, 0.25) is 0 Å². The van der Waals surface area contributed by atoms with E-state index in [9.17, 15) is 27.5 Å². The summed E-state index contributed by atoms with van der Waals surface area (Å²) in [6.45, 7) is 3.86. The number of aliphatic hydroxyl groups excluding tert-OH is 1. The van der Waals surface area contributed by atoms with Gasteiger partial charge in [0.15, 0.2) is 6.23 Å². The molecule has 0 aromatic heterocycles. The number of amides is 2. The number of benzene rings is 2. The van der Waals surface area contributed by atoms with Crippen LogP contribution in [0.5, 0.6) is 5.75 Å². The van der Waals surface area contributed by atoms with Gasteiger partial charge in [0.05, 0.1) is 17.9 Å². The van der Waals surface area contributed by atoms with E-state index < -0.39 is 35.4 Å². The van der Waals surface area contributed by atoms with E-state index in [4.69, 9.17) is 9.47 Å². The topological polar surface area (TPSA) is 91.9 Å². The lowest BCUT2D eigenvalue weighted by Crippen LogP contribution is -2.40. The molecule has 1 atom stereocenters. The summed E-state index contributed by atoms with van der Waals surface area (Å²) >= 11 is 0. The second-order valence-corrected chi connectivity index (χ2v) is 9.04. The average Bonchev–Trinajstić information content (AvgIpc) is 2.81. The lowest BCUT2D eigenvalue weighted by molar-refractivity contribution is -0.140. The molecular formula is C26H27F4N3O4. The number of alkyl halides is 3. The van der Waals surface area contributed by atoms with Gasteiger partial charge in [-0.3, -0.25) is 0 Å². The highest BCUT2D eigenvalue weighted by molar-refractivity contribution is 6.00. The van der Waals surface area contributed by atoms with Crippen molar-refractivity contribution < 1.29 is 36.9 Å². The standard InChI is InChI=1S/C26H27F4N3O4/c1-3-36-22-12-16(14-31-23(22)34)15-5-7-20(19(27)11-15)33-24(35)32-17-6-8-21(18(13-17)26(28,29)30)37-25(2)9-4-10-25/h5-8,11-14,23,31,34H,3-4,9-10H2,1-2H3,(H2,32,33,35). The minimum atomic E-state index is -4.69. The van der Waals surface area contributed by atoms with E-state index >= 15 is 0 Å². The number of allylic oxidation sites excluding steroid dienone is 2. The number of ether oxygens (including phenoxy) is 2. The van der Waals surface area contributed by atoms with Crippen LogP contribution in [0.4, 0.5) is 33.7 Å². The van der Waals surface area contributed by atoms with Crippen molar-refractivity contribution >= 4 is 23.0 Å². The first-order valence-corrected chi connectivity index (χ1v) is 11.7. The molecule has 0 spiro atoms. The predicted molar refractivity (Wildman–Crippen MR) is 130 cm³/mol. The molecular weight excluding hydrogens is 494 g/mol. The van der Waals surface area contributed by atoms with Crippen molar-refractivity contribution in [1.82, 2.24) is 5.32 Å². The fourth-order valence-electron chi connectivity index (χ4n) is 4.02. The Hall–Kier alpha value is -3.73. The van der Waals surface area contributed by atoms with Gasteiger partial charge in [0, 0.05) is 17.5 Å². The van der Waals surface area contributed by atoms with E-state index in [1.165, 1.54) is 30.5 Å². The quantitative estimate of drug-likeness (QED) is 0.336. The van der Waals surface area contributed by atoms with Crippen molar-refractivity contribution in [1.29, 1.82) is 0 Å². The van der Waals surface area contributed by atoms with Gasteiger partial charge < -0.3 is 30.5 Å². The number of urea groups is 1. The molecule has 2 amide bonds. The summed E-state index contributed by atoms with van der Waals surface area (Å²) in [7, 11) is 0. The van der Waals surface area contributed by atoms with Gasteiger partial charge in [-0.2, -0.15) is 13.2 Å². The third-order valence-electron chi connectivity index (χ3n) is 6.14. The van der Waals surface area contributed by atoms with E-state index in [1.54, 1.807) is 26.0 Å². The first-order valence-electron chi connectivity index (χ1n) is 11.7. The Bertz CT molecular complexity index is 1240. The zero-order chi connectivity index (χ0) is 26.8. The highest BCUT2D eigenvalue weighted by Gasteiger charge is 2.39. The van der Waals surface area contributed by atoms with Gasteiger partial charge in [-0.15, -0.1) is 0 Å². The zero-order valence-corrected chi connectivity index (χ0v) is 20.2. The molecule has 2 aliphatic rings. The summed E-state index contributed by atoms with van der Waals surface area (Å²) in [5.41, 5.74) is -0.952. The van der Waals surface area contributed by atoms with E-state index in [-0.39, 0.29) is 22.9 Å². The number of carbonyl (C=O) groups excluding carboxylic acids is 1. The summed E-state index contributed by atoms with van der Waals surface area (Å²) in [5.74, 6) is -0.791. The van der Waals surface area contributed by atoms with Crippen LogP contribution >= 0.6 is 0 Å². The van der Waals surface area contributed by atoms with Crippen molar-refractivity contribution in [3.05, 3.63) is 71.4 Å². The number of aliphatic hydroxyl groups is 1. The number of nitrogens with one attached hydrogen (secondary N) is 3. The molecule has 198 valence electrons. The van der Waals surface area contributed by atoms with Gasteiger partial charge in [0.25, 0.3) is 0 Å². The third-order valence-corrected chi connectivity index (χ3v) is 6.14. The lowest BCUT2D eigenvalue weighted by Gasteiger charge is -2.39. The van der Waals surface area contributed by atoms with E-state index in [0.717, 1.165) is 12.5 Å². The van der Waals surface area contributed by atoms with Crippen molar-refractivity contribution in [3.8, 4) is 5.75 Å². The van der Waals surface area contributed by atoms with Crippen LogP contribution in [0.3, 0.4) is 0 Å². The Balaban J connectivity index is 1.46. The molecule has 1 saturated carbocycles. The minimum absolute atomic E-state index is 0.126. The Morgan fingerprint density at radius 3 is 2.57 bits per heavy atom. The molecule has 11 heteroatoms. The van der Waals surface area contributed by atoms with Crippen molar-refractivity contribution in [2.45, 2.75) is 51.1 Å². The Morgan fingerprint density at radius 2 is 1.95 bits per heavy atom. The van der Waals surface area contributed by atoms with Gasteiger partial charge in [-0.05, 0) is 75.1 Å². The SMILES string of the molecule is CCOC1=CC(c2ccc(NC(=O)Nc3ccc(OC4(C)CCC4)c(C(F)(F)F)c3)c(F)c2)=CNC1O. The fraction of sp³-hybridized carbons (Fsp3) is 0.346. The van der Waals surface area contributed by atoms with E-state index in [2.05, 4.69) is 16.0 Å². The Morgan fingerprint density at radius 1 is 1.19 bits per heavy atom. The minimum Gasteiger partial charge on any atom is -0.493 e. The van der Waals surface area contributed by atoms with Crippen LogP contribution in [0.2, 0.25) is 0 Å². The molecule has 1 unspecified atom stereocenters. The van der Waals surface area contributed by atoms with Crippen molar-refractivity contribution in [3.63, 3.8) is 0 Å². The normalized spacial score (nSPS) is 18.5. The van der Waals surface area contributed by atoms with E-state index in [1.807, 2.05) is 0 Å². The Kier molecular flexibility index (Phi) is 7.35. The van der Waals surface area contributed by atoms with Crippen molar-refractivity contribution in [2.24, 2.45) is 0 Å². The smallest absolute Gasteiger partial charge is 0.420 e. The van der Waals surface area contributed by atoms with Crippen LogP contribution < -0.4 is 20.7 Å². The van der Waals surface area contributed by atoms with Gasteiger partial charge in [-0.25, -0.2) is 9.18 Å². The summed E-state index contributed by atoms with van der Waals surface area (Å²) in [6.07, 6.45) is -0.431. The molecule has 37 heavy (non-hydrogen) atoms. The molecule has 4 rings (SSSR count). The molecule has 0 saturated heterocycles. The summed E-state index contributed by atoms with van der Waals surface area (Å²) in [5, 5.41) is 17.2. The predicted octanol–water partition coefficient (Wildman–Crippen LogP) is 5.99. The first-order chi connectivity index (χ1) is 17.5. The number of halogens is 4. The maximum Gasteiger partial charge on any atom is 0.420 e. The van der Waals surface area contributed by atoms with Crippen molar-refractivity contribution in [2.75, 3.05) is 17.2 Å². The zero-order valence-electron chi connectivity index (χ0n) is 20.2. The van der Waals surface area contributed by atoms with E-state index in [0.29, 0.717) is 30.6 Å². The molecule has 4 N–H and O–H groups in total. The van der Waals surface area contributed by atoms with Crippen LogP contribution in [0.25, 0.3) is 5.57 Å². The largest absolute Gasteiger partial charge is 0.493 e. The molecule has 0 radical (unpaired) electrons. The van der Waals surface area contributed by atoms with Crippen LogP contribution in [0.1, 0.15) is 44.2 Å². The van der Waals surface area contributed by atoms with Crippen LogP contribution in [-0.2, 0) is 10.9 Å². The number of rotatable bonds is 7.